The Morgan fingerprint density at radius 2 is 0.935 bits per heavy atom. The zero-order valence-corrected chi connectivity index (χ0v) is 21.7. The van der Waals surface area contributed by atoms with E-state index in [1.807, 2.05) is 0 Å². The molecule has 174 valence electrons. The summed E-state index contributed by atoms with van der Waals surface area (Å²) in [7, 11) is 0. The maximum atomic E-state index is 10.0. The maximum absolute atomic E-state index is 10.0. The van der Waals surface area contributed by atoms with E-state index in [2.05, 4.69) is 42.5 Å². The molecule has 31 heavy (non-hydrogen) atoms. The van der Waals surface area contributed by atoms with E-state index in [-0.39, 0.29) is 21.7 Å². The summed E-state index contributed by atoms with van der Waals surface area (Å²) in [4.78, 5) is 30.1. The summed E-state index contributed by atoms with van der Waals surface area (Å²) in [5, 5.41) is 27.4. The predicted molar refractivity (Wildman–Crippen MR) is 121 cm³/mol. The van der Waals surface area contributed by atoms with Gasteiger partial charge < -0.3 is 15.3 Å². The Morgan fingerprint density at radius 1 is 0.645 bits per heavy atom. The number of aliphatic carboxylic acids is 3. The molecule has 0 radical (unpaired) electrons. The average Bonchev–Trinajstić information content (AvgIpc) is 3.02. The summed E-state index contributed by atoms with van der Waals surface area (Å²) >= 11 is 0. The first-order chi connectivity index (χ1) is 13.3. The quantitative estimate of drug-likeness (QED) is 0.327. The van der Waals surface area contributed by atoms with Crippen molar-refractivity contribution in [1.29, 1.82) is 0 Å². The molecule has 0 saturated heterocycles. The van der Waals surface area contributed by atoms with Gasteiger partial charge in [-0.25, -0.2) is 0 Å². The van der Waals surface area contributed by atoms with Gasteiger partial charge in [-0.05, 0) is 62.3 Å². The normalized spacial score (nSPS) is 10.6. The number of carboxylic acid groups (broad SMARTS) is 3. The summed E-state index contributed by atoms with van der Waals surface area (Å²) in [6.45, 7) is 15.0. The molecule has 7 heteroatoms. The van der Waals surface area contributed by atoms with Crippen LogP contribution in [0.1, 0.15) is 62.3 Å². The molecule has 2 aromatic carbocycles. The minimum Gasteiger partial charge on any atom is -0.481 e. The SMILES string of the molecule is CC(C)(C)C(=O)O.CC(C)(C)C(=O)O.CC(C)(C)C(=O)O.[Ti].c1ccc2[cH-]ccc2c1. The van der Waals surface area contributed by atoms with E-state index in [4.69, 9.17) is 15.3 Å². The number of benzene rings is 1. The van der Waals surface area contributed by atoms with Crippen LogP contribution in [-0.2, 0) is 36.1 Å². The van der Waals surface area contributed by atoms with E-state index in [9.17, 15) is 14.4 Å². The molecular formula is C24H37O6Ti-. The Balaban J connectivity index is -0.000000337. The first-order valence-corrected chi connectivity index (χ1v) is 9.60. The maximum Gasteiger partial charge on any atom is 0.308 e. The molecule has 3 N–H and O–H groups in total. The molecule has 0 spiro atoms. The van der Waals surface area contributed by atoms with E-state index in [0.29, 0.717) is 0 Å². The Morgan fingerprint density at radius 3 is 1.19 bits per heavy atom. The summed E-state index contributed by atoms with van der Waals surface area (Å²) in [5.74, 6) is -2.27. The molecule has 0 atom stereocenters. The van der Waals surface area contributed by atoms with Crippen molar-refractivity contribution in [2.75, 3.05) is 0 Å². The second kappa shape index (κ2) is 14.1. The molecule has 0 aromatic heterocycles. The van der Waals surface area contributed by atoms with Crippen LogP contribution in [0.4, 0.5) is 0 Å². The number of carboxylic acids is 3. The molecule has 0 aliphatic heterocycles. The van der Waals surface area contributed by atoms with Crippen LogP contribution in [0.3, 0.4) is 0 Å². The smallest absolute Gasteiger partial charge is 0.308 e. The fourth-order valence-electron chi connectivity index (χ4n) is 1.07. The van der Waals surface area contributed by atoms with Gasteiger partial charge in [-0.3, -0.25) is 14.4 Å². The third-order valence-electron chi connectivity index (χ3n) is 3.47. The van der Waals surface area contributed by atoms with E-state index in [0.717, 1.165) is 0 Å². The van der Waals surface area contributed by atoms with Gasteiger partial charge in [-0.15, -0.1) is 29.7 Å². The van der Waals surface area contributed by atoms with E-state index >= 15 is 0 Å². The number of hydrogen-bond donors (Lipinski definition) is 3. The minimum atomic E-state index is -0.757. The number of hydrogen-bond acceptors (Lipinski definition) is 3. The Kier molecular flexibility index (Phi) is 15.3. The molecule has 0 unspecified atom stereocenters. The van der Waals surface area contributed by atoms with E-state index < -0.39 is 34.2 Å². The van der Waals surface area contributed by atoms with Crippen LogP contribution >= 0.6 is 0 Å². The average molecular weight is 469 g/mol. The van der Waals surface area contributed by atoms with Crippen LogP contribution in [-0.4, -0.2) is 33.2 Å². The number of fused-ring (bicyclic) bond motifs is 1. The minimum absolute atomic E-state index is 0. The zero-order valence-electron chi connectivity index (χ0n) is 20.1. The molecular weight excluding hydrogens is 432 g/mol. The number of carbonyl (C=O) groups is 3. The van der Waals surface area contributed by atoms with Crippen LogP contribution in [0.5, 0.6) is 0 Å². The third kappa shape index (κ3) is 17.3. The summed E-state index contributed by atoms with van der Waals surface area (Å²) in [5.41, 5.74) is -1.75. The monoisotopic (exact) mass is 469 g/mol. The van der Waals surface area contributed by atoms with Crippen LogP contribution in [0.25, 0.3) is 10.8 Å². The van der Waals surface area contributed by atoms with Crippen molar-refractivity contribution in [3.05, 3.63) is 42.5 Å². The molecule has 0 fully saturated rings. The van der Waals surface area contributed by atoms with Crippen molar-refractivity contribution in [2.24, 2.45) is 16.2 Å². The Labute approximate surface area is 200 Å². The molecule has 6 nitrogen and oxygen atoms in total. The van der Waals surface area contributed by atoms with Gasteiger partial charge in [0.2, 0.25) is 0 Å². The molecule has 0 amide bonds. The first-order valence-electron chi connectivity index (χ1n) is 9.60. The van der Waals surface area contributed by atoms with Gasteiger partial charge in [0.1, 0.15) is 0 Å². The van der Waals surface area contributed by atoms with Crippen molar-refractivity contribution < 1.29 is 51.4 Å². The van der Waals surface area contributed by atoms with Gasteiger partial charge in [0.25, 0.3) is 0 Å². The summed E-state index contributed by atoms with van der Waals surface area (Å²) in [6, 6.07) is 14.7. The van der Waals surface area contributed by atoms with E-state index in [1.54, 1.807) is 62.3 Å². The fourth-order valence-corrected chi connectivity index (χ4v) is 1.07. The van der Waals surface area contributed by atoms with Crippen LogP contribution in [0.15, 0.2) is 42.5 Å². The Bertz CT molecular complexity index is 715. The molecule has 0 heterocycles. The number of rotatable bonds is 0. The van der Waals surface area contributed by atoms with Gasteiger partial charge in [-0.1, -0.05) is 6.07 Å². The van der Waals surface area contributed by atoms with Gasteiger partial charge >= 0.3 is 17.9 Å². The van der Waals surface area contributed by atoms with Gasteiger partial charge in [0.05, 0.1) is 16.2 Å². The van der Waals surface area contributed by atoms with Gasteiger partial charge in [0, 0.05) is 21.7 Å². The standard InChI is InChI=1S/C9H7.3C5H10O2.Ti/c1-2-5-9-7-3-6-8(9)4-1;3*1-5(2,3)4(6)7;/h1-7H;3*1-3H3,(H,6,7);/q-1;;;;. The third-order valence-corrected chi connectivity index (χ3v) is 3.47. The van der Waals surface area contributed by atoms with Crippen molar-refractivity contribution in [1.82, 2.24) is 0 Å². The van der Waals surface area contributed by atoms with Crippen LogP contribution in [0, 0.1) is 16.2 Å². The second-order valence-electron chi connectivity index (χ2n) is 9.82. The zero-order chi connectivity index (χ0) is 24.3. The summed E-state index contributed by atoms with van der Waals surface area (Å²) in [6.07, 6.45) is 0. The molecule has 0 saturated carbocycles. The van der Waals surface area contributed by atoms with Crippen molar-refractivity contribution >= 4 is 28.7 Å². The van der Waals surface area contributed by atoms with Crippen molar-refractivity contribution in [3.8, 4) is 0 Å². The van der Waals surface area contributed by atoms with Gasteiger partial charge in [0.15, 0.2) is 0 Å². The molecule has 2 aromatic rings. The topological polar surface area (TPSA) is 112 Å². The summed E-state index contributed by atoms with van der Waals surface area (Å²) < 4.78 is 0. The fraction of sp³-hybridized carbons (Fsp3) is 0.500. The largest absolute Gasteiger partial charge is 0.481 e. The van der Waals surface area contributed by atoms with E-state index in [1.165, 1.54) is 10.8 Å². The first kappa shape index (κ1) is 33.6. The molecule has 0 aliphatic carbocycles. The van der Waals surface area contributed by atoms with Gasteiger partial charge in [-0.2, -0.15) is 17.5 Å². The molecule has 0 bridgehead atoms. The molecule has 0 aliphatic rings. The van der Waals surface area contributed by atoms with Crippen LogP contribution in [0.2, 0.25) is 0 Å². The predicted octanol–water partition coefficient (Wildman–Crippen LogP) is 5.91. The van der Waals surface area contributed by atoms with Crippen molar-refractivity contribution in [3.63, 3.8) is 0 Å². The molecule has 2 rings (SSSR count). The Hall–Kier alpha value is -2.05. The second-order valence-corrected chi connectivity index (χ2v) is 9.82. The van der Waals surface area contributed by atoms with Crippen LogP contribution < -0.4 is 0 Å². The van der Waals surface area contributed by atoms with Crippen molar-refractivity contribution in [2.45, 2.75) is 62.3 Å².